The van der Waals surface area contributed by atoms with Crippen LogP contribution in [-0.2, 0) is 11.3 Å². The average Bonchev–Trinajstić information content (AvgIpc) is 2.34. The minimum absolute atomic E-state index is 0.118. The van der Waals surface area contributed by atoms with Crippen molar-refractivity contribution < 1.29 is 9.90 Å². The van der Waals surface area contributed by atoms with Gasteiger partial charge in [-0.05, 0) is 25.5 Å². The lowest BCUT2D eigenvalue weighted by atomic mass is 10.1. The van der Waals surface area contributed by atoms with E-state index in [-0.39, 0.29) is 12.5 Å². The SMILES string of the molecule is CC(C)N(CCC(=O)O)Cc1ccccc1C#N. The van der Waals surface area contributed by atoms with Gasteiger partial charge in [-0.3, -0.25) is 9.69 Å². The van der Waals surface area contributed by atoms with Gasteiger partial charge < -0.3 is 5.11 Å². The number of carbonyl (C=O) groups is 1. The van der Waals surface area contributed by atoms with Gasteiger partial charge in [0.2, 0.25) is 0 Å². The lowest BCUT2D eigenvalue weighted by Gasteiger charge is -2.26. The maximum Gasteiger partial charge on any atom is 0.304 e. The summed E-state index contributed by atoms with van der Waals surface area (Å²) in [5, 5.41) is 17.8. The zero-order chi connectivity index (χ0) is 13.5. The number of carboxylic acids is 1. The summed E-state index contributed by atoms with van der Waals surface area (Å²) in [5.74, 6) is -0.797. The summed E-state index contributed by atoms with van der Waals surface area (Å²) in [5.41, 5.74) is 1.59. The second kappa shape index (κ2) is 6.77. The van der Waals surface area contributed by atoms with Gasteiger partial charge in [-0.2, -0.15) is 5.26 Å². The van der Waals surface area contributed by atoms with Crippen molar-refractivity contribution in [1.29, 1.82) is 5.26 Å². The molecular weight excluding hydrogens is 228 g/mol. The van der Waals surface area contributed by atoms with Gasteiger partial charge in [0.1, 0.15) is 0 Å². The molecule has 4 heteroatoms. The molecule has 0 aromatic heterocycles. The van der Waals surface area contributed by atoms with Crippen LogP contribution in [0.4, 0.5) is 0 Å². The van der Waals surface area contributed by atoms with Crippen LogP contribution in [0.1, 0.15) is 31.4 Å². The third kappa shape index (κ3) is 4.19. The fourth-order valence-electron chi connectivity index (χ4n) is 1.75. The Labute approximate surface area is 107 Å². The van der Waals surface area contributed by atoms with E-state index in [1.54, 1.807) is 6.07 Å². The molecule has 0 aliphatic carbocycles. The van der Waals surface area contributed by atoms with E-state index in [0.717, 1.165) is 5.56 Å². The van der Waals surface area contributed by atoms with E-state index in [9.17, 15) is 4.79 Å². The molecule has 4 nitrogen and oxygen atoms in total. The zero-order valence-corrected chi connectivity index (χ0v) is 10.8. The maximum atomic E-state index is 10.6. The monoisotopic (exact) mass is 246 g/mol. The van der Waals surface area contributed by atoms with Gasteiger partial charge in [-0.25, -0.2) is 0 Å². The molecule has 18 heavy (non-hydrogen) atoms. The molecule has 0 bridgehead atoms. The average molecular weight is 246 g/mol. The summed E-state index contributed by atoms with van der Waals surface area (Å²) in [6, 6.07) is 9.83. The van der Waals surface area contributed by atoms with Crippen molar-refractivity contribution in [2.75, 3.05) is 6.54 Å². The van der Waals surface area contributed by atoms with Crippen molar-refractivity contribution >= 4 is 5.97 Å². The summed E-state index contributed by atoms with van der Waals surface area (Å²) in [6.07, 6.45) is 0.118. The van der Waals surface area contributed by atoms with Crippen LogP contribution >= 0.6 is 0 Å². The number of rotatable bonds is 6. The van der Waals surface area contributed by atoms with Crippen molar-refractivity contribution in [3.8, 4) is 6.07 Å². The Morgan fingerprint density at radius 2 is 2.11 bits per heavy atom. The lowest BCUT2D eigenvalue weighted by Crippen LogP contribution is -2.32. The molecule has 0 saturated heterocycles. The predicted molar refractivity (Wildman–Crippen MR) is 69.0 cm³/mol. The Morgan fingerprint density at radius 3 is 2.67 bits per heavy atom. The fourth-order valence-corrected chi connectivity index (χ4v) is 1.75. The molecule has 0 aliphatic heterocycles. The number of benzene rings is 1. The first kappa shape index (κ1) is 14.2. The summed E-state index contributed by atoms with van der Waals surface area (Å²) in [4.78, 5) is 12.7. The van der Waals surface area contributed by atoms with Crippen LogP contribution in [-0.4, -0.2) is 28.6 Å². The van der Waals surface area contributed by atoms with E-state index < -0.39 is 5.97 Å². The van der Waals surface area contributed by atoms with E-state index in [4.69, 9.17) is 10.4 Å². The Balaban J connectivity index is 2.77. The highest BCUT2D eigenvalue weighted by Gasteiger charge is 2.13. The molecule has 0 spiro atoms. The quantitative estimate of drug-likeness (QED) is 0.836. The molecule has 1 aromatic rings. The number of nitrogens with zero attached hydrogens (tertiary/aromatic N) is 2. The van der Waals surface area contributed by atoms with Gasteiger partial charge in [-0.1, -0.05) is 18.2 Å². The zero-order valence-electron chi connectivity index (χ0n) is 10.8. The van der Waals surface area contributed by atoms with E-state index >= 15 is 0 Å². The molecule has 1 aromatic carbocycles. The molecule has 1 N–H and O–H groups in total. The molecule has 0 heterocycles. The van der Waals surface area contributed by atoms with Gasteiger partial charge >= 0.3 is 5.97 Å². The smallest absolute Gasteiger partial charge is 0.304 e. The van der Waals surface area contributed by atoms with Crippen LogP contribution in [0.3, 0.4) is 0 Å². The summed E-state index contributed by atoms with van der Waals surface area (Å²) < 4.78 is 0. The second-order valence-electron chi connectivity index (χ2n) is 4.48. The van der Waals surface area contributed by atoms with Crippen molar-refractivity contribution in [2.24, 2.45) is 0 Å². The van der Waals surface area contributed by atoms with Gasteiger partial charge in [0.05, 0.1) is 18.1 Å². The molecule has 0 saturated carbocycles. The normalized spacial score (nSPS) is 10.6. The standard InChI is InChI=1S/C14H18N2O2/c1-11(2)16(8-7-14(17)18)10-13-6-4-3-5-12(13)9-15/h3-6,11H,7-8,10H2,1-2H3,(H,17,18). The summed E-state index contributed by atoms with van der Waals surface area (Å²) in [7, 11) is 0. The minimum Gasteiger partial charge on any atom is -0.481 e. The number of hydrogen-bond acceptors (Lipinski definition) is 3. The van der Waals surface area contributed by atoms with Crippen LogP contribution in [0.25, 0.3) is 0 Å². The topological polar surface area (TPSA) is 64.3 Å². The first-order valence-electron chi connectivity index (χ1n) is 5.98. The first-order valence-corrected chi connectivity index (χ1v) is 5.98. The highest BCUT2D eigenvalue weighted by Crippen LogP contribution is 2.13. The molecule has 1 rings (SSSR count). The van der Waals surface area contributed by atoms with Crippen LogP contribution in [0.15, 0.2) is 24.3 Å². The number of hydrogen-bond donors (Lipinski definition) is 1. The van der Waals surface area contributed by atoms with E-state index in [0.29, 0.717) is 18.7 Å². The molecule has 0 fully saturated rings. The lowest BCUT2D eigenvalue weighted by molar-refractivity contribution is -0.137. The summed E-state index contributed by atoms with van der Waals surface area (Å²) in [6.45, 7) is 5.15. The molecule has 0 atom stereocenters. The van der Waals surface area contributed by atoms with Gasteiger partial charge in [0.15, 0.2) is 0 Å². The second-order valence-corrected chi connectivity index (χ2v) is 4.48. The van der Waals surface area contributed by atoms with Crippen molar-refractivity contribution in [1.82, 2.24) is 4.90 Å². The number of aliphatic carboxylic acids is 1. The Kier molecular flexibility index (Phi) is 5.34. The van der Waals surface area contributed by atoms with E-state index in [1.807, 2.05) is 32.0 Å². The van der Waals surface area contributed by atoms with Gasteiger partial charge in [-0.15, -0.1) is 0 Å². The molecule has 0 aliphatic rings. The molecule has 0 unspecified atom stereocenters. The van der Waals surface area contributed by atoms with Crippen molar-refractivity contribution in [3.63, 3.8) is 0 Å². The predicted octanol–water partition coefficient (Wildman–Crippen LogP) is 2.24. The molecule has 0 radical (unpaired) electrons. The molecule has 96 valence electrons. The largest absolute Gasteiger partial charge is 0.481 e. The van der Waals surface area contributed by atoms with Crippen LogP contribution in [0, 0.1) is 11.3 Å². The fraction of sp³-hybridized carbons (Fsp3) is 0.429. The Hall–Kier alpha value is -1.86. The highest BCUT2D eigenvalue weighted by molar-refractivity contribution is 5.66. The molecular formula is C14H18N2O2. The third-order valence-corrected chi connectivity index (χ3v) is 2.85. The van der Waals surface area contributed by atoms with Crippen molar-refractivity contribution in [2.45, 2.75) is 32.9 Å². The first-order chi connectivity index (χ1) is 8.54. The van der Waals surface area contributed by atoms with E-state index in [1.165, 1.54) is 0 Å². The Bertz CT molecular complexity index is 449. The van der Waals surface area contributed by atoms with E-state index in [2.05, 4.69) is 11.0 Å². The minimum atomic E-state index is -0.797. The highest BCUT2D eigenvalue weighted by atomic mass is 16.4. The molecule has 0 amide bonds. The van der Waals surface area contributed by atoms with Crippen LogP contribution in [0.5, 0.6) is 0 Å². The Morgan fingerprint density at radius 1 is 1.44 bits per heavy atom. The van der Waals surface area contributed by atoms with Gasteiger partial charge in [0.25, 0.3) is 0 Å². The van der Waals surface area contributed by atoms with Crippen LogP contribution < -0.4 is 0 Å². The third-order valence-electron chi connectivity index (χ3n) is 2.85. The van der Waals surface area contributed by atoms with Crippen molar-refractivity contribution in [3.05, 3.63) is 35.4 Å². The maximum absolute atomic E-state index is 10.6. The number of carboxylic acid groups (broad SMARTS) is 1. The van der Waals surface area contributed by atoms with Gasteiger partial charge in [0, 0.05) is 19.1 Å². The summed E-state index contributed by atoms with van der Waals surface area (Å²) >= 11 is 0. The number of nitriles is 1. The van der Waals surface area contributed by atoms with Crippen LogP contribution in [0.2, 0.25) is 0 Å².